The number of aliphatic hydroxyl groups excluding tert-OH is 1. The Bertz CT molecular complexity index is 1560. The van der Waals surface area contributed by atoms with E-state index in [1.54, 1.807) is 36.8 Å². The number of Topliss-reactive ketones (excluding diaryl/α,β-unsaturated/α-hetero) is 1. The number of aromatic amines is 1. The van der Waals surface area contributed by atoms with Crippen LogP contribution in [0, 0.1) is 0 Å². The maximum Gasteiger partial charge on any atom is 0.290 e. The van der Waals surface area contributed by atoms with E-state index >= 15 is 0 Å². The van der Waals surface area contributed by atoms with E-state index in [4.69, 9.17) is 4.42 Å². The van der Waals surface area contributed by atoms with Crippen molar-refractivity contribution >= 4 is 33.6 Å². The van der Waals surface area contributed by atoms with Crippen molar-refractivity contribution in [3.05, 3.63) is 114 Å². The number of hydrogen-bond acceptors (Lipinski definition) is 5. The van der Waals surface area contributed by atoms with Crippen LogP contribution < -0.4 is 0 Å². The van der Waals surface area contributed by atoms with Crippen LogP contribution in [-0.2, 0) is 11.3 Å². The SMILES string of the molecule is O=C(C1=C(O)C(=O)N(Cc2cccnc2)C1c1c[nH]c2ccccc12)c1cc2ccccc2o1. The van der Waals surface area contributed by atoms with Crippen LogP contribution in [-0.4, -0.2) is 31.7 Å². The molecule has 0 saturated carbocycles. The van der Waals surface area contributed by atoms with Gasteiger partial charge in [-0.1, -0.05) is 42.5 Å². The number of aliphatic hydroxyl groups is 1. The molecule has 6 rings (SSSR count). The molecule has 0 aliphatic carbocycles. The van der Waals surface area contributed by atoms with Gasteiger partial charge in [0.1, 0.15) is 5.58 Å². The molecule has 5 aromatic rings. The summed E-state index contributed by atoms with van der Waals surface area (Å²) in [5.74, 6) is -1.63. The molecular weight excluding hydrogens is 430 g/mol. The number of fused-ring (bicyclic) bond motifs is 2. The molecule has 0 fully saturated rings. The molecule has 4 heterocycles. The summed E-state index contributed by atoms with van der Waals surface area (Å²) in [7, 11) is 0. The summed E-state index contributed by atoms with van der Waals surface area (Å²) in [5.41, 5.74) is 2.93. The Kier molecular flexibility index (Phi) is 4.55. The predicted octanol–water partition coefficient (Wildman–Crippen LogP) is 5.09. The monoisotopic (exact) mass is 449 g/mol. The number of aromatic nitrogens is 2. The van der Waals surface area contributed by atoms with Gasteiger partial charge in [0.05, 0.1) is 11.6 Å². The van der Waals surface area contributed by atoms with Crippen molar-refractivity contribution in [3.8, 4) is 0 Å². The lowest BCUT2D eigenvalue weighted by molar-refractivity contribution is -0.130. The van der Waals surface area contributed by atoms with E-state index < -0.39 is 23.5 Å². The van der Waals surface area contributed by atoms with Gasteiger partial charge in [0.2, 0.25) is 5.78 Å². The van der Waals surface area contributed by atoms with Gasteiger partial charge < -0.3 is 19.4 Å². The Labute approximate surface area is 194 Å². The van der Waals surface area contributed by atoms with Gasteiger partial charge in [0, 0.05) is 47.0 Å². The number of ketones is 1. The normalized spacial score (nSPS) is 16.2. The Hall–Kier alpha value is -4.65. The Morgan fingerprint density at radius 1 is 1.09 bits per heavy atom. The second-order valence-corrected chi connectivity index (χ2v) is 8.23. The molecule has 7 nitrogen and oxygen atoms in total. The Morgan fingerprint density at radius 2 is 1.91 bits per heavy atom. The second-order valence-electron chi connectivity index (χ2n) is 8.23. The number of carbonyl (C=O) groups excluding carboxylic acids is 2. The van der Waals surface area contributed by atoms with Crippen molar-refractivity contribution < 1.29 is 19.1 Å². The fourth-order valence-corrected chi connectivity index (χ4v) is 4.61. The van der Waals surface area contributed by atoms with Crippen LogP contribution in [0.5, 0.6) is 0 Å². The molecule has 0 saturated heterocycles. The van der Waals surface area contributed by atoms with E-state index in [1.165, 1.54) is 4.90 Å². The van der Waals surface area contributed by atoms with Crippen molar-refractivity contribution in [2.24, 2.45) is 0 Å². The fraction of sp³-hybridized carbons (Fsp3) is 0.0741. The third-order valence-electron chi connectivity index (χ3n) is 6.19. The molecule has 3 aromatic heterocycles. The van der Waals surface area contributed by atoms with Crippen LogP contribution in [0.1, 0.15) is 27.7 Å². The van der Waals surface area contributed by atoms with Crippen LogP contribution >= 0.6 is 0 Å². The first-order chi connectivity index (χ1) is 16.6. The first-order valence-corrected chi connectivity index (χ1v) is 10.8. The van der Waals surface area contributed by atoms with Gasteiger partial charge in [-0.15, -0.1) is 0 Å². The van der Waals surface area contributed by atoms with Crippen molar-refractivity contribution in [2.75, 3.05) is 0 Å². The topological polar surface area (TPSA) is 99.4 Å². The first-order valence-electron chi connectivity index (χ1n) is 10.8. The summed E-state index contributed by atoms with van der Waals surface area (Å²) in [5, 5.41) is 12.6. The van der Waals surface area contributed by atoms with Crippen LogP contribution in [0.2, 0.25) is 0 Å². The number of para-hydroxylation sites is 2. The number of rotatable bonds is 5. The maximum atomic E-state index is 13.7. The summed E-state index contributed by atoms with van der Waals surface area (Å²) in [4.78, 5) is 35.8. The number of amides is 1. The number of nitrogens with one attached hydrogen (secondary N) is 1. The van der Waals surface area contributed by atoms with Crippen molar-refractivity contribution in [3.63, 3.8) is 0 Å². The largest absolute Gasteiger partial charge is 0.503 e. The lowest BCUT2D eigenvalue weighted by atomic mass is 9.94. The third kappa shape index (κ3) is 3.09. The molecule has 2 aromatic carbocycles. The van der Waals surface area contributed by atoms with E-state index in [0.717, 1.165) is 27.4 Å². The average molecular weight is 449 g/mol. The van der Waals surface area contributed by atoms with Gasteiger partial charge in [0.15, 0.2) is 11.5 Å². The summed E-state index contributed by atoms with van der Waals surface area (Å²) in [6, 6.07) is 19.4. The van der Waals surface area contributed by atoms with Gasteiger partial charge in [-0.3, -0.25) is 14.6 Å². The smallest absolute Gasteiger partial charge is 0.290 e. The zero-order valence-corrected chi connectivity index (χ0v) is 17.9. The number of furan rings is 1. The molecule has 1 amide bonds. The molecule has 2 N–H and O–H groups in total. The highest BCUT2D eigenvalue weighted by Crippen LogP contribution is 2.42. The Morgan fingerprint density at radius 3 is 2.74 bits per heavy atom. The average Bonchev–Trinajstić information content (AvgIpc) is 3.55. The van der Waals surface area contributed by atoms with Gasteiger partial charge in [-0.2, -0.15) is 0 Å². The highest BCUT2D eigenvalue weighted by molar-refractivity contribution is 6.16. The second kappa shape index (κ2) is 7.74. The van der Waals surface area contributed by atoms with Crippen molar-refractivity contribution in [1.29, 1.82) is 0 Å². The maximum absolute atomic E-state index is 13.7. The van der Waals surface area contributed by atoms with Crippen LogP contribution in [0.4, 0.5) is 0 Å². The number of carbonyl (C=O) groups is 2. The molecule has 1 atom stereocenters. The molecule has 0 bridgehead atoms. The minimum absolute atomic E-state index is 0.00213. The third-order valence-corrected chi connectivity index (χ3v) is 6.19. The van der Waals surface area contributed by atoms with Gasteiger partial charge in [-0.05, 0) is 29.8 Å². The molecular formula is C27H19N3O4. The number of hydrogen-bond donors (Lipinski definition) is 2. The minimum atomic E-state index is -0.801. The number of benzene rings is 2. The molecule has 7 heteroatoms. The highest BCUT2D eigenvalue weighted by Gasteiger charge is 2.45. The van der Waals surface area contributed by atoms with E-state index in [-0.39, 0.29) is 17.9 Å². The summed E-state index contributed by atoms with van der Waals surface area (Å²) in [6.45, 7) is 0.178. The van der Waals surface area contributed by atoms with Gasteiger partial charge in [0.25, 0.3) is 5.91 Å². The fourth-order valence-electron chi connectivity index (χ4n) is 4.61. The minimum Gasteiger partial charge on any atom is -0.503 e. The lowest BCUT2D eigenvalue weighted by Crippen LogP contribution is -2.30. The van der Waals surface area contributed by atoms with Gasteiger partial charge in [-0.25, -0.2) is 0 Å². The number of H-pyrrole nitrogens is 1. The van der Waals surface area contributed by atoms with E-state index in [2.05, 4.69) is 9.97 Å². The molecule has 1 aliphatic rings. The molecule has 166 valence electrons. The highest BCUT2D eigenvalue weighted by atomic mass is 16.3. The summed E-state index contributed by atoms with van der Waals surface area (Å²) >= 11 is 0. The van der Waals surface area contributed by atoms with Crippen LogP contribution in [0.3, 0.4) is 0 Å². The molecule has 0 radical (unpaired) electrons. The molecule has 34 heavy (non-hydrogen) atoms. The summed E-state index contributed by atoms with van der Waals surface area (Å²) < 4.78 is 5.79. The van der Waals surface area contributed by atoms with E-state index in [1.807, 2.05) is 48.5 Å². The molecule has 0 spiro atoms. The zero-order valence-electron chi connectivity index (χ0n) is 17.9. The van der Waals surface area contributed by atoms with Crippen molar-refractivity contribution in [2.45, 2.75) is 12.6 Å². The first kappa shape index (κ1) is 20.0. The standard InChI is InChI=1S/C27H19N3O4/c31-25(22-12-17-7-1-4-10-21(17)34-22)23-24(19-14-29-20-9-3-2-8-18(19)20)30(27(33)26(23)32)15-16-6-5-11-28-13-16/h1-14,24,29,32H,15H2. The Balaban J connectivity index is 1.50. The van der Waals surface area contributed by atoms with Crippen LogP contribution in [0.15, 0.2) is 101 Å². The predicted molar refractivity (Wildman–Crippen MR) is 126 cm³/mol. The molecule has 1 aliphatic heterocycles. The van der Waals surface area contributed by atoms with Gasteiger partial charge >= 0.3 is 0 Å². The van der Waals surface area contributed by atoms with Crippen LogP contribution in [0.25, 0.3) is 21.9 Å². The lowest BCUT2D eigenvalue weighted by Gasteiger charge is -2.26. The van der Waals surface area contributed by atoms with E-state index in [0.29, 0.717) is 5.58 Å². The number of nitrogens with zero attached hydrogens (tertiary/aromatic N) is 2. The zero-order chi connectivity index (χ0) is 23.2. The van der Waals surface area contributed by atoms with Crippen molar-refractivity contribution in [1.82, 2.24) is 14.9 Å². The quantitative estimate of drug-likeness (QED) is 0.364. The summed E-state index contributed by atoms with van der Waals surface area (Å²) in [6.07, 6.45) is 5.09. The van der Waals surface area contributed by atoms with E-state index in [9.17, 15) is 14.7 Å². The molecule has 1 unspecified atom stereocenters. The number of pyridine rings is 1.